The number of hydrogen-bond donors (Lipinski definition) is 0. The minimum Gasteiger partial charge on any atom is -0.254 e. The first-order valence-corrected chi connectivity index (χ1v) is 5.95. The van der Waals surface area contributed by atoms with Gasteiger partial charge >= 0.3 is 13.8 Å². The van der Waals surface area contributed by atoms with Crippen LogP contribution >= 0.6 is 7.82 Å². The molecule has 0 unspecified atom stereocenters. The molecule has 2 bridgehead atoms. The summed E-state index contributed by atoms with van der Waals surface area (Å²) >= 11 is 0. The first-order valence-electron chi connectivity index (χ1n) is 4.49. The second kappa shape index (κ2) is 2.47. The second-order valence-electron chi connectivity index (χ2n) is 3.61. The fourth-order valence-corrected chi connectivity index (χ4v) is 2.78. The van der Waals surface area contributed by atoms with E-state index in [0.717, 1.165) is 11.4 Å². The highest BCUT2D eigenvalue weighted by Crippen LogP contribution is 2.83. The SMILES string of the molecule is Cc1nc(C)c(C23OP(=O)(O2)O3)nc1C. The molecule has 4 rings (SSSR count). The molecule has 3 saturated heterocycles. The largest absolute Gasteiger partial charge is 0.488 e. The zero-order valence-electron chi connectivity index (χ0n) is 8.47. The van der Waals surface area contributed by atoms with Gasteiger partial charge in [0.1, 0.15) is 0 Å². The number of aryl methyl sites for hydroxylation is 3. The fourth-order valence-electron chi connectivity index (χ4n) is 1.60. The molecule has 1 aromatic rings. The molecule has 6 nitrogen and oxygen atoms in total. The van der Waals surface area contributed by atoms with Crippen molar-refractivity contribution in [3.63, 3.8) is 0 Å². The van der Waals surface area contributed by atoms with Crippen LogP contribution in [-0.2, 0) is 24.1 Å². The van der Waals surface area contributed by atoms with E-state index in [-0.39, 0.29) is 0 Å². The van der Waals surface area contributed by atoms with Crippen LogP contribution in [0.15, 0.2) is 0 Å². The van der Waals surface area contributed by atoms with Crippen molar-refractivity contribution in [2.24, 2.45) is 0 Å². The van der Waals surface area contributed by atoms with Gasteiger partial charge in [0.25, 0.3) is 0 Å². The fraction of sp³-hybridized carbons (Fsp3) is 0.500. The number of phosphoric acid groups is 1. The van der Waals surface area contributed by atoms with E-state index in [4.69, 9.17) is 13.6 Å². The van der Waals surface area contributed by atoms with Crippen LogP contribution in [0.3, 0.4) is 0 Å². The van der Waals surface area contributed by atoms with Gasteiger partial charge < -0.3 is 0 Å². The third-order valence-electron chi connectivity index (χ3n) is 2.47. The topological polar surface area (TPSA) is 70.5 Å². The standard InChI is InChI=1S/C8H9N2O4P/c1-4-5(2)10-7(6(3)9-4)8-12-15(11,13-8)14-8/h1-3H3. The quantitative estimate of drug-likeness (QED) is 0.681. The van der Waals surface area contributed by atoms with Crippen LogP contribution in [0.1, 0.15) is 22.8 Å². The lowest BCUT2D eigenvalue weighted by molar-refractivity contribution is -0.443. The highest BCUT2D eigenvalue weighted by Gasteiger charge is 2.77. The minimum absolute atomic E-state index is 0.448. The van der Waals surface area contributed by atoms with Gasteiger partial charge in [-0.3, -0.25) is 4.98 Å². The van der Waals surface area contributed by atoms with Gasteiger partial charge in [-0.25, -0.2) is 23.1 Å². The highest BCUT2D eigenvalue weighted by atomic mass is 31.2. The van der Waals surface area contributed by atoms with E-state index in [1.807, 2.05) is 13.8 Å². The molecule has 0 N–H and O–H groups in total. The van der Waals surface area contributed by atoms with Gasteiger partial charge in [-0.1, -0.05) is 0 Å². The molecule has 3 aliphatic rings. The molecule has 4 heterocycles. The number of nitrogens with zero attached hydrogens (tertiary/aromatic N) is 2. The predicted octanol–water partition coefficient (Wildman–Crippen LogP) is 1.70. The Labute approximate surface area is 86.2 Å². The summed E-state index contributed by atoms with van der Waals surface area (Å²) in [5.41, 5.74) is 2.72. The monoisotopic (exact) mass is 228 g/mol. The lowest BCUT2D eigenvalue weighted by atomic mass is 10.2. The molecule has 15 heavy (non-hydrogen) atoms. The summed E-state index contributed by atoms with van der Waals surface area (Å²) in [6, 6.07) is 0. The van der Waals surface area contributed by atoms with Gasteiger partial charge in [0.2, 0.25) is 0 Å². The van der Waals surface area contributed by atoms with Crippen molar-refractivity contribution in [3.05, 3.63) is 22.8 Å². The van der Waals surface area contributed by atoms with Crippen molar-refractivity contribution in [1.29, 1.82) is 0 Å². The van der Waals surface area contributed by atoms with Gasteiger partial charge in [0, 0.05) is 0 Å². The lowest BCUT2D eigenvalue weighted by Gasteiger charge is -2.54. The van der Waals surface area contributed by atoms with Crippen molar-refractivity contribution in [2.75, 3.05) is 0 Å². The summed E-state index contributed by atoms with van der Waals surface area (Å²) in [6.45, 7) is 5.48. The zero-order valence-corrected chi connectivity index (χ0v) is 9.37. The summed E-state index contributed by atoms with van der Waals surface area (Å²) < 4.78 is 26.0. The molecule has 0 radical (unpaired) electrons. The van der Waals surface area contributed by atoms with Gasteiger partial charge in [-0.15, -0.1) is 0 Å². The molecule has 0 aromatic carbocycles. The van der Waals surface area contributed by atoms with Crippen LogP contribution in [0, 0.1) is 20.8 Å². The van der Waals surface area contributed by atoms with Crippen LogP contribution in [0.5, 0.6) is 0 Å². The van der Waals surface area contributed by atoms with Crippen LogP contribution in [0.25, 0.3) is 0 Å². The second-order valence-corrected chi connectivity index (χ2v) is 5.05. The molecule has 0 atom stereocenters. The first-order chi connectivity index (χ1) is 6.94. The third kappa shape index (κ3) is 1.08. The smallest absolute Gasteiger partial charge is 0.254 e. The summed E-state index contributed by atoms with van der Waals surface area (Å²) in [7, 11) is -3.17. The van der Waals surface area contributed by atoms with Crippen molar-refractivity contribution < 1.29 is 18.1 Å². The summed E-state index contributed by atoms with van der Waals surface area (Å²) in [5, 5.41) is 0. The Morgan fingerprint density at radius 3 is 2.07 bits per heavy atom. The summed E-state index contributed by atoms with van der Waals surface area (Å²) in [6.07, 6.45) is 0. The van der Waals surface area contributed by atoms with E-state index >= 15 is 0 Å². The molecule has 80 valence electrons. The normalized spacial score (nSPS) is 37.0. The predicted molar refractivity (Wildman–Crippen MR) is 48.8 cm³/mol. The Morgan fingerprint density at radius 2 is 1.53 bits per heavy atom. The Balaban J connectivity index is 2.07. The van der Waals surface area contributed by atoms with E-state index in [2.05, 4.69) is 9.97 Å². The molecule has 1 aromatic heterocycles. The molecular formula is C8H9N2O4P. The number of aromatic nitrogens is 2. The number of hydrogen-bond acceptors (Lipinski definition) is 6. The molecular weight excluding hydrogens is 219 g/mol. The van der Waals surface area contributed by atoms with E-state index in [9.17, 15) is 4.57 Å². The van der Waals surface area contributed by atoms with Gasteiger partial charge in [-0.05, 0) is 20.8 Å². The van der Waals surface area contributed by atoms with E-state index in [1.165, 1.54) is 0 Å². The van der Waals surface area contributed by atoms with Crippen molar-refractivity contribution in [1.82, 2.24) is 9.97 Å². The van der Waals surface area contributed by atoms with E-state index < -0.39 is 13.8 Å². The van der Waals surface area contributed by atoms with Crippen molar-refractivity contribution in [2.45, 2.75) is 26.7 Å². The Bertz CT molecular complexity index is 489. The Hall–Kier alpha value is -0.810. The maximum absolute atomic E-state index is 11.1. The molecule has 7 heteroatoms. The lowest BCUT2D eigenvalue weighted by Crippen LogP contribution is -2.55. The van der Waals surface area contributed by atoms with Gasteiger partial charge in [0.15, 0.2) is 5.69 Å². The van der Waals surface area contributed by atoms with Crippen LogP contribution in [0.2, 0.25) is 0 Å². The summed E-state index contributed by atoms with van der Waals surface area (Å²) in [5.74, 6) is -1.34. The number of phosphoric ester groups is 1. The molecule has 0 aliphatic carbocycles. The molecule has 0 saturated carbocycles. The molecule has 0 amide bonds. The third-order valence-corrected chi connectivity index (χ3v) is 3.86. The highest BCUT2D eigenvalue weighted by molar-refractivity contribution is 7.51. The minimum atomic E-state index is -3.17. The maximum Gasteiger partial charge on any atom is 0.488 e. The van der Waals surface area contributed by atoms with E-state index in [1.54, 1.807) is 6.92 Å². The average Bonchev–Trinajstić information content (AvgIpc) is 2.05. The van der Waals surface area contributed by atoms with Gasteiger partial charge in [0.05, 0.1) is 17.1 Å². The number of rotatable bonds is 1. The van der Waals surface area contributed by atoms with Crippen molar-refractivity contribution >= 4 is 7.82 Å². The average molecular weight is 228 g/mol. The summed E-state index contributed by atoms with van der Waals surface area (Å²) in [4.78, 5) is 8.55. The molecule has 0 spiro atoms. The van der Waals surface area contributed by atoms with Gasteiger partial charge in [-0.2, -0.15) is 0 Å². The maximum atomic E-state index is 11.1. The zero-order chi connectivity index (χ0) is 10.8. The van der Waals surface area contributed by atoms with E-state index in [0.29, 0.717) is 11.4 Å². The Morgan fingerprint density at radius 1 is 1.00 bits per heavy atom. The Kier molecular flexibility index (Phi) is 1.55. The van der Waals surface area contributed by atoms with Crippen LogP contribution in [0.4, 0.5) is 0 Å². The molecule has 3 aliphatic heterocycles. The first kappa shape index (κ1) is 9.42. The molecule has 3 fully saturated rings. The van der Waals surface area contributed by atoms with Crippen LogP contribution < -0.4 is 0 Å². The van der Waals surface area contributed by atoms with Crippen LogP contribution in [-0.4, -0.2) is 9.97 Å². The van der Waals surface area contributed by atoms with Crippen molar-refractivity contribution in [3.8, 4) is 0 Å².